The van der Waals surface area contributed by atoms with E-state index in [1.807, 2.05) is 6.92 Å². The van der Waals surface area contributed by atoms with Crippen molar-refractivity contribution in [1.82, 2.24) is 14.1 Å². The zero-order valence-electron chi connectivity index (χ0n) is 12.5. The maximum Gasteiger partial charge on any atom is 0.248 e. The van der Waals surface area contributed by atoms with Crippen molar-refractivity contribution >= 4 is 15.8 Å². The van der Waals surface area contributed by atoms with E-state index in [0.717, 1.165) is 6.42 Å². The molecule has 0 saturated heterocycles. The molecule has 7 nitrogen and oxygen atoms in total. The summed E-state index contributed by atoms with van der Waals surface area (Å²) in [6.45, 7) is 7.69. The Morgan fingerprint density at radius 2 is 2.05 bits per heavy atom. The number of anilines is 1. The molecule has 0 amide bonds. The largest absolute Gasteiger partial charge is 0.389 e. The van der Waals surface area contributed by atoms with Crippen LogP contribution in [0, 0.1) is 0 Å². The van der Waals surface area contributed by atoms with Crippen molar-refractivity contribution in [3.63, 3.8) is 0 Å². The third kappa shape index (κ3) is 3.94. The quantitative estimate of drug-likeness (QED) is 0.770. The van der Waals surface area contributed by atoms with Crippen LogP contribution in [0.4, 0.5) is 5.82 Å². The highest BCUT2D eigenvalue weighted by Gasteiger charge is 2.31. The molecule has 0 atom stereocenters. The van der Waals surface area contributed by atoms with Crippen molar-refractivity contribution in [2.45, 2.75) is 51.2 Å². The van der Waals surface area contributed by atoms with Crippen LogP contribution in [-0.2, 0) is 16.6 Å². The first-order chi connectivity index (χ1) is 9.11. The molecule has 0 aliphatic heterocycles. The lowest BCUT2D eigenvalue weighted by atomic mass is 10.1. The van der Waals surface area contributed by atoms with Gasteiger partial charge in [0.15, 0.2) is 5.82 Å². The average molecular weight is 304 g/mol. The van der Waals surface area contributed by atoms with Crippen molar-refractivity contribution in [2.24, 2.45) is 0 Å². The van der Waals surface area contributed by atoms with Gasteiger partial charge in [0.1, 0.15) is 4.90 Å². The van der Waals surface area contributed by atoms with Crippen molar-refractivity contribution in [1.29, 1.82) is 0 Å². The number of hydrogen-bond donors (Lipinski definition) is 2. The predicted octanol–water partition coefficient (Wildman–Crippen LogP) is 0.657. The van der Waals surface area contributed by atoms with Crippen molar-refractivity contribution in [3.05, 3.63) is 6.20 Å². The standard InChI is InChI=1S/C12H24N4O3S/c1-5-7-15-8-10(11(13)14-15)20(18,19)16(6-2)9-12(3,4)17/h8,17H,5-7,9H2,1-4H3,(H2,13,14). The van der Waals surface area contributed by atoms with E-state index in [9.17, 15) is 13.5 Å². The molecule has 0 radical (unpaired) electrons. The topological polar surface area (TPSA) is 101 Å². The fourth-order valence-electron chi connectivity index (χ4n) is 1.90. The first-order valence-electron chi connectivity index (χ1n) is 6.67. The second-order valence-electron chi connectivity index (χ2n) is 5.39. The fourth-order valence-corrected chi connectivity index (χ4v) is 3.56. The molecular formula is C12H24N4O3S. The van der Waals surface area contributed by atoms with Crippen molar-refractivity contribution < 1.29 is 13.5 Å². The molecule has 8 heteroatoms. The van der Waals surface area contributed by atoms with Crippen LogP contribution in [0.25, 0.3) is 0 Å². The van der Waals surface area contributed by atoms with Crippen LogP contribution >= 0.6 is 0 Å². The van der Waals surface area contributed by atoms with Crippen LogP contribution in [0.1, 0.15) is 34.1 Å². The number of nitrogens with two attached hydrogens (primary N) is 1. The average Bonchev–Trinajstić information content (AvgIpc) is 2.67. The Bertz CT molecular complexity index is 546. The molecule has 3 N–H and O–H groups in total. The first-order valence-corrected chi connectivity index (χ1v) is 8.11. The van der Waals surface area contributed by atoms with Gasteiger partial charge in [-0.1, -0.05) is 13.8 Å². The van der Waals surface area contributed by atoms with Gasteiger partial charge in [-0.2, -0.15) is 9.40 Å². The zero-order valence-corrected chi connectivity index (χ0v) is 13.3. The lowest BCUT2D eigenvalue weighted by Gasteiger charge is -2.27. The first kappa shape index (κ1) is 16.9. The van der Waals surface area contributed by atoms with Gasteiger partial charge in [-0.15, -0.1) is 0 Å². The smallest absolute Gasteiger partial charge is 0.248 e. The Balaban J connectivity index is 3.14. The van der Waals surface area contributed by atoms with Gasteiger partial charge in [0.25, 0.3) is 0 Å². The van der Waals surface area contributed by atoms with E-state index < -0.39 is 15.6 Å². The molecule has 1 heterocycles. The third-order valence-electron chi connectivity index (χ3n) is 2.74. The summed E-state index contributed by atoms with van der Waals surface area (Å²) in [5.41, 5.74) is 4.60. The minimum Gasteiger partial charge on any atom is -0.389 e. The molecule has 0 unspecified atom stereocenters. The summed E-state index contributed by atoms with van der Waals surface area (Å²) in [5.74, 6) is -0.00681. The van der Waals surface area contributed by atoms with E-state index in [1.54, 1.807) is 20.8 Å². The molecule has 20 heavy (non-hydrogen) atoms. The summed E-state index contributed by atoms with van der Waals surface area (Å²) in [6, 6.07) is 0. The van der Waals surface area contributed by atoms with Gasteiger partial charge >= 0.3 is 0 Å². The molecule has 0 aliphatic carbocycles. The van der Waals surface area contributed by atoms with E-state index in [-0.39, 0.29) is 23.8 Å². The maximum absolute atomic E-state index is 12.6. The molecule has 0 fully saturated rings. The number of aromatic nitrogens is 2. The Kier molecular flexibility index (Phi) is 5.17. The fraction of sp³-hybridized carbons (Fsp3) is 0.750. The lowest BCUT2D eigenvalue weighted by Crippen LogP contribution is -2.42. The van der Waals surface area contributed by atoms with Gasteiger partial charge in [-0.3, -0.25) is 4.68 Å². The van der Waals surface area contributed by atoms with Crippen LogP contribution in [0.2, 0.25) is 0 Å². The summed E-state index contributed by atoms with van der Waals surface area (Å²) in [7, 11) is -3.75. The van der Waals surface area contributed by atoms with Crippen molar-refractivity contribution in [3.8, 4) is 0 Å². The Hall–Kier alpha value is -1.12. The molecule has 0 spiro atoms. The highest BCUT2D eigenvalue weighted by Crippen LogP contribution is 2.22. The summed E-state index contributed by atoms with van der Waals surface area (Å²) >= 11 is 0. The number of likely N-dealkylation sites (N-methyl/N-ethyl adjacent to an activating group) is 1. The summed E-state index contributed by atoms with van der Waals surface area (Å²) in [6.07, 6.45) is 2.28. The second kappa shape index (κ2) is 6.11. The van der Waals surface area contributed by atoms with E-state index >= 15 is 0 Å². The third-order valence-corrected chi connectivity index (χ3v) is 4.68. The van der Waals surface area contributed by atoms with Gasteiger partial charge < -0.3 is 10.8 Å². The molecule has 1 aromatic rings. The maximum atomic E-state index is 12.6. The Morgan fingerprint density at radius 3 is 2.50 bits per heavy atom. The normalized spacial score (nSPS) is 13.1. The molecular weight excluding hydrogens is 280 g/mol. The summed E-state index contributed by atoms with van der Waals surface area (Å²) in [4.78, 5) is -0.00273. The zero-order chi connectivity index (χ0) is 15.6. The van der Waals surface area contributed by atoms with Crippen LogP contribution in [0.3, 0.4) is 0 Å². The molecule has 0 saturated carbocycles. The number of sulfonamides is 1. The number of hydrogen-bond acceptors (Lipinski definition) is 5. The summed E-state index contributed by atoms with van der Waals surface area (Å²) in [5, 5.41) is 13.8. The van der Waals surface area contributed by atoms with Gasteiger partial charge in [0.2, 0.25) is 10.0 Å². The van der Waals surface area contributed by atoms with E-state index in [4.69, 9.17) is 5.73 Å². The van der Waals surface area contributed by atoms with Gasteiger partial charge in [-0.05, 0) is 20.3 Å². The van der Waals surface area contributed by atoms with Crippen LogP contribution in [0.5, 0.6) is 0 Å². The van der Waals surface area contributed by atoms with Crippen molar-refractivity contribution in [2.75, 3.05) is 18.8 Å². The Labute approximate surface area is 120 Å². The number of aryl methyl sites for hydroxylation is 1. The van der Waals surface area contributed by atoms with Crippen LogP contribution in [0.15, 0.2) is 11.1 Å². The molecule has 1 rings (SSSR count). The SMILES string of the molecule is CCCn1cc(S(=O)(=O)N(CC)CC(C)(C)O)c(N)n1. The number of nitrogens with zero attached hydrogens (tertiary/aromatic N) is 3. The van der Waals surface area contributed by atoms with E-state index in [2.05, 4.69) is 5.10 Å². The van der Waals surface area contributed by atoms with E-state index in [1.165, 1.54) is 15.2 Å². The minimum atomic E-state index is -3.75. The number of nitrogen functional groups attached to an aromatic ring is 1. The van der Waals surface area contributed by atoms with Gasteiger partial charge in [-0.25, -0.2) is 8.42 Å². The Morgan fingerprint density at radius 1 is 1.45 bits per heavy atom. The predicted molar refractivity (Wildman–Crippen MR) is 77.7 cm³/mol. The highest BCUT2D eigenvalue weighted by molar-refractivity contribution is 7.89. The monoisotopic (exact) mass is 304 g/mol. The number of aliphatic hydroxyl groups is 1. The molecule has 0 aliphatic rings. The van der Waals surface area contributed by atoms with Crippen LogP contribution in [-0.4, -0.2) is 46.3 Å². The highest BCUT2D eigenvalue weighted by atomic mass is 32.2. The van der Waals surface area contributed by atoms with Gasteiger partial charge in [0, 0.05) is 25.8 Å². The number of rotatable bonds is 7. The molecule has 116 valence electrons. The summed E-state index contributed by atoms with van der Waals surface area (Å²) < 4.78 is 27.9. The van der Waals surface area contributed by atoms with Gasteiger partial charge in [0.05, 0.1) is 5.60 Å². The lowest BCUT2D eigenvalue weighted by molar-refractivity contribution is 0.0601. The van der Waals surface area contributed by atoms with Crippen LogP contribution < -0.4 is 5.73 Å². The minimum absolute atomic E-state index is 0.00273. The van der Waals surface area contributed by atoms with E-state index in [0.29, 0.717) is 6.54 Å². The molecule has 0 aromatic carbocycles. The molecule has 0 bridgehead atoms. The molecule has 1 aromatic heterocycles. The second-order valence-corrected chi connectivity index (χ2v) is 7.29.